The van der Waals surface area contributed by atoms with Crippen LogP contribution in [0.2, 0.25) is 0 Å². The van der Waals surface area contributed by atoms with Crippen molar-refractivity contribution < 1.29 is 18.3 Å². The fourth-order valence-electron chi connectivity index (χ4n) is 1.73. The van der Waals surface area contributed by atoms with Crippen molar-refractivity contribution >= 4 is 27.6 Å². The molecule has 1 aliphatic carbocycles. The molecule has 1 saturated carbocycles. The van der Waals surface area contributed by atoms with Gasteiger partial charge in [-0.1, -0.05) is 0 Å². The van der Waals surface area contributed by atoms with Crippen LogP contribution in [0.3, 0.4) is 0 Å². The average molecular weight is 316 g/mol. The number of nitrogens with zero attached hydrogens (tertiary/aromatic N) is 2. The van der Waals surface area contributed by atoms with E-state index in [0.29, 0.717) is 28.2 Å². The van der Waals surface area contributed by atoms with Gasteiger partial charge in [-0.25, -0.2) is 23.2 Å². The van der Waals surface area contributed by atoms with E-state index in [-0.39, 0.29) is 11.3 Å². The highest BCUT2D eigenvalue weighted by atomic mass is 32.2. The monoisotopic (exact) mass is 316 g/mol. The molecule has 6 nitrogen and oxygen atoms in total. The van der Waals surface area contributed by atoms with E-state index in [0.717, 1.165) is 30.9 Å². The molecule has 1 aromatic rings. The molecule has 0 saturated heterocycles. The minimum atomic E-state index is -3.06. The lowest BCUT2D eigenvalue weighted by molar-refractivity contribution is 0.0690. The van der Waals surface area contributed by atoms with Gasteiger partial charge in [0.05, 0.1) is 11.4 Å². The van der Waals surface area contributed by atoms with E-state index in [1.54, 1.807) is 6.92 Å². The van der Waals surface area contributed by atoms with Gasteiger partial charge in [0.25, 0.3) is 0 Å². The first-order valence-corrected chi connectivity index (χ1v) is 9.25. The summed E-state index contributed by atoms with van der Waals surface area (Å²) in [6.07, 6.45) is 3.21. The fourth-order valence-corrected chi connectivity index (χ4v) is 4.01. The summed E-state index contributed by atoms with van der Waals surface area (Å²) in [5.41, 5.74) is 0.518. The third kappa shape index (κ3) is 3.92. The molecule has 0 unspecified atom stereocenters. The van der Waals surface area contributed by atoms with Gasteiger partial charge >= 0.3 is 5.97 Å². The molecular weight excluding hydrogens is 300 g/mol. The van der Waals surface area contributed by atoms with Crippen LogP contribution in [-0.2, 0) is 9.84 Å². The highest BCUT2D eigenvalue weighted by Crippen LogP contribution is 2.39. The SMILES string of the molecule is Cc1nc(C2CC2)nc(SCCS(C)(=O)=O)c1C(=O)O. The molecule has 1 fully saturated rings. The Labute approximate surface area is 121 Å². The van der Waals surface area contributed by atoms with Crippen LogP contribution in [0.4, 0.5) is 0 Å². The first kappa shape index (κ1) is 15.2. The predicted molar refractivity (Wildman–Crippen MR) is 76.1 cm³/mol. The Morgan fingerprint density at radius 2 is 2.05 bits per heavy atom. The summed E-state index contributed by atoms with van der Waals surface area (Å²) in [6, 6.07) is 0. The zero-order chi connectivity index (χ0) is 14.9. The summed E-state index contributed by atoms with van der Waals surface area (Å²) in [4.78, 5) is 19.9. The predicted octanol–water partition coefficient (Wildman–Crippen LogP) is 1.50. The van der Waals surface area contributed by atoms with Crippen LogP contribution in [0.5, 0.6) is 0 Å². The number of hydrogen-bond acceptors (Lipinski definition) is 6. The van der Waals surface area contributed by atoms with Crippen molar-refractivity contribution in [2.45, 2.75) is 30.7 Å². The summed E-state index contributed by atoms with van der Waals surface area (Å²) < 4.78 is 22.3. The maximum absolute atomic E-state index is 11.3. The number of hydrogen-bond donors (Lipinski definition) is 1. The number of carbonyl (C=O) groups is 1. The molecule has 0 bridgehead atoms. The fraction of sp³-hybridized carbons (Fsp3) is 0.583. The van der Waals surface area contributed by atoms with Crippen molar-refractivity contribution in [3.63, 3.8) is 0 Å². The van der Waals surface area contributed by atoms with Crippen LogP contribution < -0.4 is 0 Å². The molecule has 110 valence electrons. The maximum Gasteiger partial charge on any atom is 0.340 e. The normalized spacial score (nSPS) is 15.3. The van der Waals surface area contributed by atoms with Crippen LogP contribution in [0, 0.1) is 6.92 Å². The second kappa shape index (κ2) is 5.69. The highest BCUT2D eigenvalue weighted by Gasteiger charge is 2.29. The van der Waals surface area contributed by atoms with Crippen molar-refractivity contribution in [2.24, 2.45) is 0 Å². The lowest BCUT2D eigenvalue weighted by atomic mass is 10.2. The number of rotatable bonds is 6. The molecule has 2 rings (SSSR count). The third-order valence-corrected chi connectivity index (χ3v) is 5.10. The summed E-state index contributed by atoms with van der Waals surface area (Å²) in [6.45, 7) is 1.65. The number of thioether (sulfide) groups is 1. The molecule has 0 amide bonds. The molecule has 0 spiro atoms. The minimum Gasteiger partial charge on any atom is -0.478 e. The van der Waals surface area contributed by atoms with Crippen molar-refractivity contribution in [3.8, 4) is 0 Å². The van der Waals surface area contributed by atoms with Crippen molar-refractivity contribution in [2.75, 3.05) is 17.8 Å². The molecular formula is C12H16N2O4S2. The maximum atomic E-state index is 11.3. The third-order valence-electron chi connectivity index (χ3n) is 2.92. The van der Waals surface area contributed by atoms with Gasteiger partial charge in [0.1, 0.15) is 26.3 Å². The van der Waals surface area contributed by atoms with Gasteiger partial charge in [-0.15, -0.1) is 11.8 Å². The molecule has 0 atom stereocenters. The van der Waals surface area contributed by atoms with Gasteiger partial charge in [-0.3, -0.25) is 0 Å². The first-order chi connectivity index (χ1) is 9.28. The van der Waals surface area contributed by atoms with Crippen molar-refractivity contribution in [1.82, 2.24) is 9.97 Å². The zero-order valence-corrected chi connectivity index (χ0v) is 12.9. The Morgan fingerprint density at radius 1 is 1.40 bits per heavy atom. The first-order valence-electron chi connectivity index (χ1n) is 6.20. The number of aromatic carboxylic acids is 1. The standard InChI is InChI=1S/C12H16N2O4S2/c1-7-9(12(15)16)11(19-5-6-20(2,17)18)14-10(13-7)8-3-4-8/h8H,3-6H2,1-2H3,(H,15,16). The molecule has 1 aliphatic rings. The van der Waals surface area contributed by atoms with Gasteiger partial charge in [-0.2, -0.15) is 0 Å². The Morgan fingerprint density at radius 3 is 2.55 bits per heavy atom. The number of sulfone groups is 1. The number of aryl methyl sites for hydroxylation is 1. The van der Waals surface area contributed by atoms with Crippen LogP contribution in [0.25, 0.3) is 0 Å². The van der Waals surface area contributed by atoms with Crippen LogP contribution in [0.1, 0.15) is 40.6 Å². The Balaban J connectivity index is 2.25. The van der Waals surface area contributed by atoms with E-state index < -0.39 is 15.8 Å². The second-order valence-corrected chi connectivity index (χ2v) is 8.25. The van der Waals surface area contributed by atoms with Gasteiger partial charge in [0.2, 0.25) is 0 Å². The summed E-state index contributed by atoms with van der Waals surface area (Å²) >= 11 is 1.16. The second-order valence-electron chi connectivity index (χ2n) is 4.91. The van der Waals surface area contributed by atoms with Gasteiger partial charge < -0.3 is 5.11 Å². The highest BCUT2D eigenvalue weighted by molar-refractivity contribution is 8.00. The lowest BCUT2D eigenvalue weighted by Gasteiger charge is -2.09. The Bertz CT molecular complexity index is 639. The lowest BCUT2D eigenvalue weighted by Crippen LogP contribution is -2.11. The van der Waals surface area contributed by atoms with Crippen LogP contribution in [-0.4, -0.2) is 47.2 Å². The van der Waals surface area contributed by atoms with E-state index in [4.69, 9.17) is 0 Å². The molecule has 1 heterocycles. The zero-order valence-electron chi connectivity index (χ0n) is 11.3. The summed E-state index contributed by atoms with van der Waals surface area (Å²) in [7, 11) is -3.06. The number of carboxylic acid groups (broad SMARTS) is 1. The molecule has 0 aromatic carbocycles. The Kier molecular flexibility index (Phi) is 4.33. The quantitative estimate of drug-likeness (QED) is 0.627. The number of aromatic nitrogens is 2. The van der Waals surface area contributed by atoms with E-state index >= 15 is 0 Å². The molecule has 1 aromatic heterocycles. The molecule has 0 radical (unpaired) electrons. The van der Waals surface area contributed by atoms with Gasteiger partial charge in [0, 0.05) is 17.9 Å². The molecule has 1 N–H and O–H groups in total. The Hall–Kier alpha value is -1.15. The van der Waals surface area contributed by atoms with Crippen LogP contribution in [0.15, 0.2) is 5.03 Å². The topological polar surface area (TPSA) is 97.2 Å². The van der Waals surface area contributed by atoms with E-state index in [1.807, 2.05) is 0 Å². The van der Waals surface area contributed by atoms with Gasteiger partial charge in [-0.05, 0) is 19.8 Å². The van der Waals surface area contributed by atoms with E-state index in [9.17, 15) is 18.3 Å². The average Bonchev–Trinajstić information content (AvgIpc) is 3.09. The number of carboxylic acids is 1. The summed E-state index contributed by atoms with van der Waals surface area (Å²) in [5, 5.41) is 9.61. The molecule has 0 aliphatic heterocycles. The van der Waals surface area contributed by atoms with E-state index in [1.165, 1.54) is 0 Å². The largest absolute Gasteiger partial charge is 0.478 e. The molecule has 20 heavy (non-hydrogen) atoms. The summed E-state index contributed by atoms with van der Waals surface area (Å²) in [5.74, 6) is 0.213. The van der Waals surface area contributed by atoms with E-state index in [2.05, 4.69) is 9.97 Å². The molecule has 8 heteroatoms. The van der Waals surface area contributed by atoms with Crippen molar-refractivity contribution in [1.29, 1.82) is 0 Å². The minimum absolute atomic E-state index is 0.00145. The van der Waals surface area contributed by atoms with Crippen molar-refractivity contribution in [3.05, 3.63) is 17.1 Å². The smallest absolute Gasteiger partial charge is 0.340 e. The van der Waals surface area contributed by atoms with Crippen LogP contribution >= 0.6 is 11.8 Å². The van der Waals surface area contributed by atoms with Gasteiger partial charge in [0.15, 0.2) is 0 Å².